The van der Waals surface area contributed by atoms with Gasteiger partial charge in [0.15, 0.2) is 6.61 Å². The molecule has 0 aliphatic heterocycles. The number of carbonyl (C=O) groups excluding carboxylic acids is 3. The van der Waals surface area contributed by atoms with E-state index in [9.17, 15) is 34.8 Å². The summed E-state index contributed by atoms with van der Waals surface area (Å²) in [5, 5.41) is 48.1. The van der Waals surface area contributed by atoms with Crippen molar-refractivity contribution in [3.63, 3.8) is 0 Å². The molecule has 0 aromatic heterocycles. The molecular formula is C35H40O9. The van der Waals surface area contributed by atoms with Crippen molar-refractivity contribution in [3.05, 3.63) is 83.4 Å². The third kappa shape index (κ3) is 4.24. The van der Waals surface area contributed by atoms with Crippen LogP contribution in [0.4, 0.5) is 0 Å². The van der Waals surface area contributed by atoms with E-state index < -0.39 is 70.1 Å². The van der Waals surface area contributed by atoms with Gasteiger partial charge < -0.3 is 29.9 Å². The van der Waals surface area contributed by atoms with Crippen LogP contribution in [0, 0.1) is 16.7 Å². The van der Waals surface area contributed by atoms with Gasteiger partial charge in [-0.1, -0.05) is 55.0 Å². The molecule has 9 heteroatoms. The quantitative estimate of drug-likeness (QED) is 0.287. The van der Waals surface area contributed by atoms with Crippen LogP contribution < -0.4 is 0 Å². The Hall–Kier alpha value is -3.37. The van der Waals surface area contributed by atoms with Gasteiger partial charge in [0.1, 0.15) is 22.9 Å². The van der Waals surface area contributed by atoms with Gasteiger partial charge in [0.2, 0.25) is 5.78 Å². The first-order chi connectivity index (χ1) is 20.8. The smallest absolute Gasteiger partial charge is 0.338 e. The van der Waals surface area contributed by atoms with Crippen molar-refractivity contribution in [2.45, 2.75) is 87.8 Å². The molecule has 3 saturated carbocycles. The Balaban J connectivity index is 1.40. The number of carbonyl (C=O) groups is 3. The first-order valence-electron chi connectivity index (χ1n) is 15.4. The standard InChI is InChI=1S/C35H40O9/c1-31-15-14-25(36)19-24(31)13-16-33(40)26(31)20-28(44-30(39)23-11-7-4-8-12-23)32(2)34(41,17-18-35(32,33)42)27(37)21-43-29(38)22-9-5-3-6-10-22/h3-13,25-26,28,36,40-42H,14-21H2,1-2H3/t25-,26+,28+,31-,32+,33-,34+,35+/m0/s1. The van der Waals surface area contributed by atoms with Gasteiger partial charge in [-0.25, -0.2) is 9.59 Å². The Morgan fingerprint density at radius 1 is 0.864 bits per heavy atom. The van der Waals surface area contributed by atoms with E-state index in [1.165, 1.54) is 6.92 Å². The van der Waals surface area contributed by atoms with Gasteiger partial charge in [-0.05, 0) is 81.5 Å². The van der Waals surface area contributed by atoms with Crippen molar-refractivity contribution in [1.82, 2.24) is 0 Å². The molecule has 0 radical (unpaired) electrons. The van der Waals surface area contributed by atoms with E-state index in [1.807, 2.05) is 13.0 Å². The minimum Gasteiger partial charge on any atom is -0.458 e. The lowest BCUT2D eigenvalue weighted by molar-refractivity contribution is -0.312. The predicted molar refractivity (Wildman–Crippen MR) is 158 cm³/mol. The summed E-state index contributed by atoms with van der Waals surface area (Å²) in [5.74, 6) is -2.87. The van der Waals surface area contributed by atoms with Gasteiger partial charge in [0, 0.05) is 5.92 Å². The monoisotopic (exact) mass is 604 g/mol. The molecule has 0 saturated heterocycles. The van der Waals surface area contributed by atoms with E-state index in [1.54, 1.807) is 60.7 Å². The molecule has 234 valence electrons. The third-order valence-corrected chi connectivity index (χ3v) is 11.6. The molecule has 0 spiro atoms. The zero-order chi connectivity index (χ0) is 31.5. The fourth-order valence-corrected chi connectivity index (χ4v) is 8.94. The topological polar surface area (TPSA) is 151 Å². The molecule has 4 aliphatic rings. The molecule has 44 heavy (non-hydrogen) atoms. The average molecular weight is 605 g/mol. The molecular weight excluding hydrogens is 564 g/mol. The number of ketones is 1. The summed E-state index contributed by atoms with van der Waals surface area (Å²) in [6, 6.07) is 16.5. The van der Waals surface area contributed by atoms with Crippen LogP contribution in [0.2, 0.25) is 0 Å². The minimum absolute atomic E-state index is 0.0496. The van der Waals surface area contributed by atoms with Crippen LogP contribution in [0.15, 0.2) is 72.3 Å². The molecule has 0 heterocycles. The van der Waals surface area contributed by atoms with E-state index in [0.717, 1.165) is 5.57 Å². The molecule has 3 fully saturated rings. The van der Waals surface area contributed by atoms with E-state index >= 15 is 0 Å². The van der Waals surface area contributed by atoms with Crippen molar-refractivity contribution in [1.29, 1.82) is 0 Å². The maximum atomic E-state index is 13.9. The maximum Gasteiger partial charge on any atom is 0.338 e. The van der Waals surface area contributed by atoms with Gasteiger partial charge in [-0.2, -0.15) is 0 Å². The predicted octanol–water partition coefficient (Wildman–Crippen LogP) is 3.53. The molecule has 4 N–H and O–H groups in total. The summed E-state index contributed by atoms with van der Waals surface area (Å²) >= 11 is 0. The molecule has 2 aromatic rings. The molecule has 6 rings (SSSR count). The number of fused-ring (bicyclic) bond motifs is 5. The van der Waals surface area contributed by atoms with Crippen LogP contribution in [0.1, 0.15) is 79.5 Å². The number of benzene rings is 2. The maximum absolute atomic E-state index is 13.9. The number of Topliss-reactive ketones (excluding diaryl/α,β-unsaturated/α-hetero) is 1. The van der Waals surface area contributed by atoms with E-state index in [0.29, 0.717) is 19.3 Å². The van der Waals surface area contributed by atoms with Crippen molar-refractivity contribution < 1.29 is 44.3 Å². The highest BCUT2D eigenvalue weighted by Gasteiger charge is 2.81. The van der Waals surface area contributed by atoms with Crippen LogP contribution in [-0.4, -0.2) is 73.8 Å². The zero-order valence-corrected chi connectivity index (χ0v) is 25.1. The Morgan fingerprint density at radius 2 is 1.48 bits per heavy atom. The van der Waals surface area contributed by atoms with E-state index in [-0.39, 0.29) is 36.8 Å². The highest BCUT2D eigenvalue weighted by atomic mass is 16.6. The molecule has 2 aromatic carbocycles. The molecule has 0 amide bonds. The Labute approximate surface area is 256 Å². The summed E-state index contributed by atoms with van der Waals surface area (Å²) in [4.78, 5) is 40.1. The fraction of sp³-hybridized carbons (Fsp3) is 0.514. The second-order valence-corrected chi connectivity index (χ2v) is 13.5. The first kappa shape index (κ1) is 30.6. The van der Waals surface area contributed by atoms with Crippen molar-refractivity contribution >= 4 is 17.7 Å². The fourth-order valence-electron chi connectivity index (χ4n) is 8.94. The van der Waals surface area contributed by atoms with Crippen molar-refractivity contribution in [2.24, 2.45) is 16.7 Å². The Kier molecular flexibility index (Phi) is 7.40. The van der Waals surface area contributed by atoms with Crippen molar-refractivity contribution in [3.8, 4) is 0 Å². The molecule has 8 atom stereocenters. The van der Waals surface area contributed by atoms with Crippen molar-refractivity contribution in [2.75, 3.05) is 6.61 Å². The van der Waals surface area contributed by atoms with Crippen LogP contribution in [0.3, 0.4) is 0 Å². The first-order valence-corrected chi connectivity index (χ1v) is 15.4. The SMILES string of the molecule is C[C@]12[C@H](OC(=O)c3ccccc3)C[C@@H]3[C@@]4(C)CC[C@H](O)CC4=CC[C@@]3(O)[C@@]1(O)CC[C@@]2(O)C(=O)COC(=O)c1ccccc1. The van der Waals surface area contributed by atoms with Crippen LogP contribution in [0.5, 0.6) is 0 Å². The minimum atomic E-state index is -2.30. The average Bonchev–Trinajstić information content (AvgIpc) is 3.26. The summed E-state index contributed by atoms with van der Waals surface area (Å²) in [6.07, 6.45) is 1.45. The normalized spacial score (nSPS) is 39.2. The second-order valence-electron chi connectivity index (χ2n) is 13.5. The van der Waals surface area contributed by atoms with Crippen LogP contribution in [0.25, 0.3) is 0 Å². The van der Waals surface area contributed by atoms with Gasteiger partial charge in [-0.15, -0.1) is 0 Å². The second kappa shape index (κ2) is 10.6. The number of rotatable bonds is 6. The summed E-state index contributed by atoms with van der Waals surface area (Å²) in [6.45, 7) is 2.74. The number of esters is 2. The number of aliphatic hydroxyl groups is 4. The largest absolute Gasteiger partial charge is 0.458 e. The Morgan fingerprint density at radius 3 is 2.11 bits per heavy atom. The summed E-state index contributed by atoms with van der Waals surface area (Å²) in [5.41, 5.74) is -7.11. The third-order valence-electron chi connectivity index (χ3n) is 11.6. The lowest BCUT2D eigenvalue weighted by Crippen LogP contribution is -2.78. The number of aliphatic hydroxyl groups excluding tert-OH is 1. The van der Waals surface area contributed by atoms with Gasteiger partial charge in [-0.3, -0.25) is 4.79 Å². The zero-order valence-electron chi connectivity index (χ0n) is 25.1. The van der Waals surface area contributed by atoms with Gasteiger partial charge >= 0.3 is 11.9 Å². The molecule has 0 bridgehead atoms. The molecule has 9 nitrogen and oxygen atoms in total. The number of hydrogen-bond donors (Lipinski definition) is 4. The van der Waals surface area contributed by atoms with E-state index in [4.69, 9.17) is 9.47 Å². The van der Waals surface area contributed by atoms with Crippen LogP contribution in [-0.2, 0) is 14.3 Å². The lowest BCUT2D eigenvalue weighted by Gasteiger charge is -2.67. The highest BCUT2D eigenvalue weighted by Crippen LogP contribution is 2.71. The Bertz CT molecular complexity index is 1490. The van der Waals surface area contributed by atoms with Gasteiger partial charge in [0.05, 0.1) is 22.6 Å². The van der Waals surface area contributed by atoms with Gasteiger partial charge in [0.25, 0.3) is 0 Å². The van der Waals surface area contributed by atoms with Crippen LogP contribution >= 0.6 is 0 Å². The lowest BCUT2D eigenvalue weighted by atomic mass is 9.42. The van der Waals surface area contributed by atoms with E-state index in [2.05, 4.69) is 0 Å². The molecule has 0 unspecified atom stereocenters. The summed E-state index contributed by atoms with van der Waals surface area (Å²) in [7, 11) is 0. The highest BCUT2D eigenvalue weighted by molar-refractivity contribution is 5.95. The summed E-state index contributed by atoms with van der Waals surface area (Å²) < 4.78 is 11.4. The number of ether oxygens (including phenoxy) is 2. The number of hydrogen-bond acceptors (Lipinski definition) is 9. The molecule has 4 aliphatic carbocycles.